The second kappa shape index (κ2) is 4.80. The van der Waals surface area contributed by atoms with Gasteiger partial charge in [0.1, 0.15) is 0 Å². The van der Waals surface area contributed by atoms with Gasteiger partial charge in [-0.15, -0.1) is 0 Å². The van der Waals surface area contributed by atoms with Crippen LogP contribution in [0.4, 0.5) is 13.2 Å². The van der Waals surface area contributed by atoms with Gasteiger partial charge >= 0.3 is 6.18 Å². The van der Waals surface area contributed by atoms with Crippen LogP contribution in [0, 0.1) is 0 Å². The van der Waals surface area contributed by atoms with Gasteiger partial charge in [-0.3, -0.25) is 4.98 Å². The number of benzene rings is 1. The number of pyridine rings is 1. The van der Waals surface area contributed by atoms with Gasteiger partial charge in [0.25, 0.3) is 0 Å². The summed E-state index contributed by atoms with van der Waals surface area (Å²) in [5.41, 5.74) is 1.83. The van der Waals surface area contributed by atoms with Crippen LogP contribution in [0.25, 0.3) is 11.3 Å². The van der Waals surface area contributed by atoms with Crippen LogP contribution in [0.3, 0.4) is 0 Å². The lowest BCUT2D eigenvalue weighted by atomic mass is 10.1. The van der Waals surface area contributed by atoms with Crippen molar-refractivity contribution in [2.45, 2.75) is 19.5 Å². The first kappa shape index (κ1) is 12.6. The lowest BCUT2D eigenvalue weighted by Gasteiger charge is -2.07. The molecule has 0 N–H and O–H groups in total. The van der Waals surface area contributed by atoms with E-state index in [0.29, 0.717) is 11.3 Å². The summed E-state index contributed by atoms with van der Waals surface area (Å²) in [6.45, 7) is 2.02. The molecule has 2 aromatic rings. The summed E-state index contributed by atoms with van der Waals surface area (Å²) < 4.78 is 37.2. The molecule has 0 bridgehead atoms. The Hall–Kier alpha value is -1.84. The minimum Gasteiger partial charge on any atom is -0.256 e. The number of nitrogens with zero attached hydrogens (tertiary/aromatic N) is 1. The predicted octanol–water partition coefficient (Wildman–Crippen LogP) is 4.33. The molecular formula is C14H12F3N. The van der Waals surface area contributed by atoms with Gasteiger partial charge in [0.2, 0.25) is 0 Å². The molecule has 0 saturated carbocycles. The highest BCUT2D eigenvalue weighted by molar-refractivity contribution is 5.59. The monoisotopic (exact) mass is 251 g/mol. The number of rotatable bonds is 2. The molecule has 0 unspecified atom stereocenters. The Balaban J connectivity index is 2.28. The zero-order valence-corrected chi connectivity index (χ0v) is 9.83. The molecule has 0 amide bonds. The molecule has 2 rings (SSSR count). The lowest BCUT2D eigenvalue weighted by Crippen LogP contribution is -2.04. The van der Waals surface area contributed by atoms with E-state index in [2.05, 4.69) is 4.98 Å². The van der Waals surface area contributed by atoms with E-state index in [1.165, 1.54) is 12.1 Å². The lowest BCUT2D eigenvalue weighted by molar-refractivity contribution is -0.137. The SMILES string of the molecule is CCc1ccc(-c2ccc(C(F)(F)F)cc2)nc1. The normalized spacial score (nSPS) is 11.6. The van der Waals surface area contributed by atoms with Crippen LogP contribution < -0.4 is 0 Å². The van der Waals surface area contributed by atoms with Crippen LogP contribution in [0.1, 0.15) is 18.1 Å². The Bertz CT molecular complexity index is 512. The highest BCUT2D eigenvalue weighted by Crippen LogP contribution is 2.30. The molecule has 0 aliphatic carbocycles. The zero-order chi connectivity index (χ0) is 13.2. The van der Waals surface area contributed by atoms with E-state index in [0.717, 1.165) is 24.1 Å². The maximum absolute atomic E-state index is 12.4. The Morgan fingerprint density at radius 1 is 1.00 bits per heavy atom. The van der Waals surface area contributed by atoms with Gasteiger partial charge in [0.15, 0.2) is 0 Å². The minimum atomic E-state index is -4.29. The maximum atomic E-state index is 12.4. The zero-order valence-electron chi connectivity index (χ0n) is 9.83. The van der Waals surface area contributed by atoms with Crippen molar-refractivity contribution >= 4 is 0 Å². The third-order valence-electron chi connectivity index (χ3n) is 2.74. The molecule has 0 saturated heterocycles. The minimum absolute atomic E-state index is 0.642. The first-order valence-corrected chi connectivity index (χ1v) is 5.63. The molecule has 0 aliphatic heterocycles. The van der Waals surface area contributed by atoms with Crippen LogP contribution >= 0.6 is 0 Å². The summed E-state index contributed by atoms with van der Waals surface area (Å²) in [4.78, 5) is 4.23. The van der Waals surface area contributed by atoms with Crippen molar-refractivity contribution in [2.75, 3.05) is 0 Å². The first-order valence-electron chi connectivity index (χ1n) is 5.63. The summed E-state index contributed by atoms with van der Waals surface area (Å²) in [5.74, 6) is 0. The van der Waals surface area contributed by atoms with E-state index < -0.39 is 11.7 Å². The largest absolute Gasteiger partial charge is 0.416 e. The third kappa shape index (κ3) is 2.70. The van der Waals surface area contributed by atoms with Gasteiger partial charge in [-0.2, -0.15) is 13.2 Å². The molecule has 0 atom stereocenters. The fraction of sp³-hybridized carbons (Fsp3) is 0.214. The van der Waals surface area contributed by atoms with Crippen LogP contribution in [-0.2, 0) is 12.6 Å². The summed E-state index contributed by atoms with van der Waals surface area (Å²) in [7, 11) is 0. The van der Waals surface area contributed by atoms with Crippen molar-refractivity contribution in [3.63, 3.8) is 0 Å². The Morgan fingerprint density at radius 2 is 1.67 bits per heavy atom. The van der Waals surface area contributed by atoms with Crippen molar-refractivity contribution in [1.82, 2.24) is 4.98 Å². The van der Waals surface area contributed by atoms with Crippen molar-refractivity contribution in [3.05, 3.63) is 53.7 Å². The molecule has 1 aromatic carbocycles. The first-order chi connectivity index (χ1) is 8.50. The molecule has 4 heteroatoms. The summed E-state index contributed by atoms with van der Waals surface area (Å²) in [6.07, 6.45) is -1.66. The molecule has 0 fully saturated rings. The van der Waals surface area contributed by atoms with E-state index in [4.69, 9.17) is 0 Å². The molecule has 94 valence electrons. The van der Waals surface area contributed by atoms with Gasteiger partial charge in [0, 0.05) is 11.8 Å². The Labute approximate surface area is 103 Å². The van der Waals surface area contributed by atoms with Gasteiger partial charge in [-0.05, 0) is 30.2 Å². The number of hydrogen-bond acceptors (Lipinski definition) is 1. The molecular weight excluding hydrogens is 239 g/mol. The van der Waals surface area contributed by atoms with E-state index >= 15 is 0 Å². The van der Waals surface area contributed by atoms with Crippen molar-refractivity contribution < 1.29 is 13.2 Å². The molecule has 18 heavy (non-hydrogen) atoms. The molecule has 1 nitrogen and oxygen atoms in total. The maximum Gasteiger partial charge on any atom is 0.416 e. The number of alkyl halides is 3. The molecule has 0 aliphatic rings. The topological polar surface area (TPSA) is 12.9 Å². The fourth-order valence-electron chi connectivity index (χ4n) is 1.63. The average Bonchev–Trinajstić information content (AvgIpc) is 2.38. The van der Waals surface area contributed by atoms with Gasteiger partial charge in [0.05, 0.1) is 11.3 Å². The molecule has 0 radical (unpaired) electrons. The second-order valence-corrected chi connectivity index (χ2v) is 3.98. The van der Waals surface area contributed by atoms with Crippen LogP contribution in [0.15, 0.2) is 42.6 Å². The van der Waals surface area contributed by atoms with Crippen molar-refractivity contribution in [1.29, 1.82) is 0 Å². The van der Waals surface area contributed by atoms with Gasteiger partial charge in [-0.25, -0.2) is 0 Å². The summed E-state index contributed by atoms with van der Waals surface area (Å²) in [5, 5.41) is 0. The molecule has 1 aromatic heterocycles. The highest BCUT2D eigenvalue weighted by atomic mass is 19.4. The van der Waals surface area contributed by atoms with E-state index in [1.54, 1.807) is 6.20 Å². The smallest absolute Gasteiger partial charge is 0.256 e. The van der Waals surface area contributed by atoms with Crippen LogP contribution in [0.2, 0.25) is 0 Å². The van der Waals surface area contributed by atoms with Crippen molar-refractivity contribution in [2.24, 2.45) is 0 Å². The summed E-state index contributed by atoms with van der Waals surface area (Å²) >= 11 is 0. The Morgan fingerprint density at radius 3 is 2.11 bits per heavy atom. The third-order valence-corrected chi connectivity index (χ3v) is 2.74. The number of aryl methyl sites for hydroxylation is 1. The fourth-order valence-corrected chi connectivity index (χ4v) is 1.63. The second-order valence-electron chi connectivity index (χ2n) is 3.98. The predicted molar refractivity (Wildman–Crippen MR) is 64.1 cm³/mol. The average molecular weight is 251 g/mol. The Kier molecular flexibility index (Phi) is 3.36. The van der Waals surface area contributed by atoms with Crippen molar-refractivity contribution in [3.8, 4) is 11.3 Å². The van der Waals surface area contributed by atoms with Gasteiger partial charge < -0.3 is 0 Å². The number of aromatic nitrogens is 1. The standard InChI is InChI=1S/C14H12F3N/c1-2-10-3-8-13(18-9-10)11-4-6-12(7-5-11)14(15,16)17/h3-9H,2H2,1H3. The highest BCUT2D eigenvalue weighted by Gasteiger charge is 2.29. The molecule has 0 spiro atoms. The van der Waals surface area contributed by atoms with Crippen LogP contribution in [-0.4, -0.2) is 4.98 Å². The number of halogens is 3. The van der Waals surface area contributed by atoms with E-state index in [-0.39, 0.29) is 0 Å². The van der Waals surface area contributed by atoms with Gasteiger partial charge in [-0.1, -0.05) is 25.1 Å². The summed E-state index contributed by atoms with van der Waals surface area (Å²) in [6, 6.07) is 8.78. The quantitative estimate of drug-likeness (QED) is 0.774. The molecule has 1 heterocycles. The van der Waals surface area contributed by atoms with Crippen LogP contribution in [0.5, 0.6) is 0 Å². The number of hydrogen-bond donors (Lipinski definition) is 0. The van der Waals surface area contributed by atoms with E-state index in [1.807, 2.05) is 19.1 Å². The van der Waals surface area contributed by atoms with E-state index in [9.17, 15) is 13.2 Å².